The van der Waals surface area contributed by atoms with Crippen molar-refractivity contribution >= 4 is 34.4 Å². The summed E-state index contributed by atoms with van der Waals surface area (Å²) in [6.45, 7) is 2.32. The predicted molar refractivity (Wildman–Crippen MR) is 103 cm³/mol. The number of benzene rings is 2. The number of phenolic OH excluding ortho intramolecular Hbond substituents is 1. The van der Waals surface area contributed by atoms with Crippen molar-refractivity contribution in [1.82, 2.24) is 14.9 Å². The second-order valence-corrected chi connectivity index (χ2v) is 6.26. The molecule has 8 heteroatoms. The molecule has 1 aromatic heterocycles. The van der Waals surface area contributed by atoms with E-state index >= 15 is 0 Å². The third-order valence-corrected chi connectivity index (χ3v) is 4.36. The summed E-state index contributed by atoms with van der Waals surface area (Å²) in [5, 5.41) is 21.6. The standard InChI is InChI=1S/C17H15BrN4O2S/c1-2-24-14-9-5-6-11(15(14)23)10-19-22-16(20-21-17(22)25)12-7-3-4-8-13(12)18/h3-10,23H,2H2,1H3,(H,21,25)/b19-10+. The Labute approximate surface area is 157 Å². The Morgan fingerprint density at radius 1 is 1.32 bits per heavy atom. The highest BCUT2D eigenvalue weighted by Crippen LogP contribution is 2.29. The fraction of sp³-hybridized carbons (Fsp3) is 0.118. The summed E-state index contributed by atoms with van der Waals surface area (Å²) in [7, 11) is 0. The number of rotatable bonds is 5. The van der Waals surface area contributed by atoms with Crippen molar-refractivity contribution in [1.29, 1.82) is 0 Å². The lowest BCUT2D eigenvalue weighted by Crippen LogP contribution is -1.97. The summed E-state index contributed by atoms with van der Waals surface area (Å²) >= 11 is 8.76. The zero-order valence-corrected chi connectivity index (χ0v) is 15.7. The number of para-hydroxylation sites is 1. The molecule has 0 amide bonds. The van der Waals surface area contributed by atoms with E-state index in [0.29, 0.717) is 28.5 Å². The molecule has 3 rings (SSSR count). The summed E-state index contributed by atoms with van der Waals surface area (Å²) in [6.07, 6.45) is 1.52. The fourth-order valence-electron chi connectivity index (χ4n) is 2.25. The zero-order valence-electron chi connectivity index (χ0n) is 13.3. The van der Waals surface area contributed by atoms with Crippen LogP contribution in [-0.4, -0.2) is 32.8 Å². The van der Waals surface area contributed by atoms with Crippen LogP contribution >= 0.6 is 28.1 Å². The first-order valence-corrected chi connectivity index (χ1v) is 8.73. The van der Waals surface area contributed by atoms with Gasteiger partial charge in [-0.25, -0.2) is 5.10 Å². The van der Waals surface area contributed by atoms with Crippen LogP contribution in [0.25, 0.3) is 11.4 Å². The molecule has 0 saturated heterocycles. The lowest BCUT2D eigenvalue weighted by molar-refractivity contribution is 0.318. The normalized spacial score (nSPS) is 11.1. The molecule has 25 heavy (non-hydrogen) atoms. The van der Waals surface area contributed by atoms with E-state index in [-0.39, 0.29) is 5.75 Å². The van der Waals surface area contributed by atoms with Crippen LogP contribution in [0.4, 0.5) is 0 Å². The van der Waals surface area contributed by atoms with Gasteiger partial charge in [-0.2, -0.15) is 14.9 Å². The molecule has 0 aliphatic carbocycles. The Bertz CT molecular complexity index is 981. The molecule has 0 radical (unpaired) electrons. The Balaban J connectivity index is 2.01. The Morgan fingerprint density at radius 3 is 2.88 bits per heavy atom. The van der Waals surface area contributed by atoms with Gasteiger partial charge in [0.25, 0.3) is 0 Å². The van der Waals surface area contributed by atoms with Gasteiger partial charge in [0.05, 0.1) is 12.8 Å². The Morgan fingerprint density at radius 2 is 2.12 bits per heavy atom. The largest absolute Gasteiger partial charge is 0.504 e. The maximum absolute atomic E-state index is 10.3. The van der Waals surface area contributed by atoms with Crippen molar-refractivity contribution < 1.29 is 9.84 Å². The van der Waals surface area contributed by atoms with Crippen molar-refractivity contribution in [2.45, 2.75) is 6.92 Å². The first-order valence-electron chi connectivity index (χ1n) is 7.53. The summed E-state index contributed by atoms with van der Waals surface area (Å²) in [4.78, 5) is 0. The first-order chi connectivity index (χ1) is 12.1. The van der Waals surface area contributed by atoms with Crippen LogP contribution in [-0.2, 0) is 0 Å². The minimum atomic E-state index is 0.0329. The van der Waals surface area contributed by atoms with E-state index in [1.54, 1.807) is 18.2 Å². The predicted octanol–water partition coefficient (Wildman–Crippen LogP) is 4.36. The van der Waals surface area contributed by atoms with E-state index in [2.05, 4.69) is 31.2 Å². The lowest BCUT2D eigenvalue weighted by Gasteiger charge is -2.07. The topological polar surface area (TPSA) is 75.4 Å². The number of H-pyrrole nitrogens is 1. The number of hydrogen-bond donors (Lipinski definition) is 2. The molecule has 3 aromatic rings. The van der Waals surface area contributed by atoms with E-state index in [1.807, 2.05) is 31.2 Å². The molecule has 2 aromatic carbocycles. The van der Waals surface area contributed by atoms with E-state index in [9.17, 15) is 5.11 Å². The molecule has 0 fully saturated rings. The molecule has 0 saturated carbocycles. The van der Waals surface area contributed by atoms with E-state index in [0.717, 1.165) is 10.0 Å². The van der Waals surface area contributed by atoms with Crippen molar-refractivity contribution in [2.75, 3.05) is 6.61 Å². The SMILES string of the molecule is CCOc1cccc(/C=N/n2c(-c3ccccc3Br)n[nH]c2=S)c1O. The number of nitrogens with one attached hydrogen (secondary N) is 1. The second-order valence-electron chi connectivity index (χ2n) is 5.02. The average molecular weight is 419 g/mol. The molecular formula is C17H15BrN4O2S. The fourth-order valence-corrected chi connectivity index (χ4v) is 2.89. The molecule has 1 heterocycles. The molecule has 0 bridgehead atoms. The number of aromatic hydroxyl groups is 1. The number of halogens is 1. The van der Waals surface area contributed by atoms with Gasteiger partial charge in [0, 0.05) is 15.6 Å². The van der Waals surface area contributed by atoms with Gasteiger partial charge in [-0.3, -0.25) is 0 Å². The van der Waals surface area contributed by atoms with Gasteiger partial charge in [0.2, 0.25) is 4.77 Å². The molecule has 2 N–H and O–H groups in total. The van der Waals surface area contributed by atoms with Gasteiger partial charge in [-0.05, 0) is 43.4 Å². The number of nitrogens with zero attached hydrogens (tertiary/aromatic N) is 3. The number of hydrogen-bond acceptors (Lipinski definition) is 5. The quantitative estimate of drug-likeness (QED) is 0.476. The molecule has 0 atom stereocenters. The summed E-state index contributed by atoms with van der Waals surface area (Å²) in [5.74, 6) is 1.01. The molecule has 0 unspecified atom stereocenters. The van der Waals surface area contributed by atoms with Crippen molar-refractivity contribution in [3.8, 4) is 22.9 Å². The van der Waals surface area contributed by atoms with E-state index in [1.165, 1.54) is 10.9 Å². The number of aromatic nitrogens is 3. The van der Waals surface area contributed by atoms with Crippen LogP contribution in [0, 0.1) is 4.77 Å². The third kappa shape index (κ3) is 3.64. The van der Waals surface area contributed by atoms with E-state index in [4.69, 9.17) is 17.0 Å². The van der Waals surface area contributed by atoms with Crippen LogP contribution in [0.2, 0.25) is 0 Å². The zero-order chi connectivity index (χ0) is 17.8. The summed E-state index contributed by atoms with van der Waals surface area (Å²) in [6, 6.07) is 12.9. The number of phenols is 1. The smallest absolute Gasteiger partial charge is 0.216 e. The summed E-state index contributed by atoms with van der Waals surface area (Å²) < 4.78 is 8.11. The maximum Gasteiger partial charge on any atom is 0.216 e. The average Bonchev–Trinajstić information content (AvgIpc) is 2.97. The van der Waals surface area contributed by atoms with Crippen molar-refractivity contribution in [3.05, 3.63) is 57.3 Å². The Hall–Kier alpha value is -2.45. The molecule has 0 aliphatic heterocycles. The minimum Gasteiger partial charge on any atom is -0.504 e. The van der Waals surface area contributed by atoms with Crippen molar-refractivity contribution in [3.63, 3.8) is 0 Å². The number of aromatic amines is 1. The third-order valence-electron chi connectivity index (χ3n) is 3.41. The highest BCUT2D eigenvalue weighted by molar-refractivity contribution is 9.10. The molecule has 0 aliphatic rings. The monoisotopic (exact) mass is 418 g/mol. The van der Waals surface area contributed by atoms with Gasteiger partial charge in [-0.15, -0.1) is 0 Å². The van der Waals surface area contributed by atoms with Gasteiger partial charge in [0.15, 0.2) is 17.3 Å². The van der Waals surface area contributed by atoms with Gasteiger partial charge in [-0.1, -0.05) is 34.1 Å². The first kappa shape index (κ1) is 17.4. The van der Waals surface area contributed by atoms with Gasteiger partial charge in [0.1, 0.15) is 0 Å². The van der Waals surface area contributed by atoms with Crippen LogP contribution in [0.1, 0.15) is 12.5 Å². The summed E-state index contributed by atoms with van der Waals surface area (Å²) in [5.41, 5.74) is 1.37. The molecule has 6 nitrogen and oxygen atoms in total. The van der Waals surface area contributed by atoms with Gasteiger partial charge >= 0.3 is 0 Å². The van der Waals surface area contributed by atoms with Crippen molar-refractivity contribution in [2.24, 2.45) is 5.10 Å². The highest BCUT2D eigenvalue weighted by atomic mass is 79.9. The van der Waals surface area contributed by atoms with Crippen LogP contribution in [0.5, 0.6) is 11.5 Å². The van der Waals surface area contributed by atoms with Crippen LogP contribution in [0.15, 0.2) is 52.0 Å². The minimum absolute atomic E-state index is 0.0329. The maximum atomic E-state index is 10.3. The van der Waals surface area contributed by atoms with E-state index < -0.39 is 0 Å². The Kier molecular flexibility index (Phi) is 5.30. The lowest BCUT2D eigenvalue weighted by atomic mass is 10.2. The second kappa shape index (κ2) is 7.62. The number of ether oxygens (including phenoxy) is 1. The molecule has 128 valence electrons. The van der Waals surface area contributed by atoms with Crippen LogP contribution in [0.3, 0.4) is 0 Å². The molecular weight excluding hydrogens is 404 g/mol. The highest BCUT2D eigenvalue weighted by Gasteiger charge is 2.11. The van der Waals surface area contributed by atoms with Crippen LogP contribution < -0.4 is 4.74 Å². The molecule has 0 spiro atoms. The van der Waals surface area contributed by atoms with Gasteiger partial charge < -0.3 is 9.84 Å².